The molecule has 2 aromatic rings. The van der Waals surface area contributed by atoms with Gasteiger partial charge in [-0.3, -0.25) is 15.6 Å². The first-order valence-corrected chi connectivity index (χ1v) is 6.39. The molecule has 1 amide bonds. The number of hydrogen-bond donors (Lipinski definition) is 2. The number of carbonyl (C=O) groups excluding carboxylic acids is 1. The van der Waals surface area contributed by atoms with Crippen LogP contribution in [0.5, 0.6) is 0 Å². The summed E-state index contributed by atoms with van der Waals surface area (Å²) in [6.45, 7) is 3.77. The summed E-state index contributed by atoms with van der Waals surface area (Å²) in [6, 6.07) is 15.2. The van der Waals surface area contributed by atoms with Gasteiger partial charge >= 0.3 is 0 Å². The first-order chi connectivity index (χ1) is 10.1. The van der Waals surface area contributed by atoms with Crippen LogP contribution in [0.3, 0.4) is 0 Å². The van der Waals surface area contributed by atoms with E-state index in [0.717, 1.165) is 5.56 Å². The average molecular weight is 282 g/mol. The predicted octanol–water partition coefficient (Wildman–Crippen LogP) is 3.29. The molecule has 0 aliphatic carbocycles. The van der Waals surface area contributed by atoms with Crippen LogP contribution in [0.1, 0.15) is 15.9 Å². The molecule has 3 nitrogen and oxygen atoms in total. The lowest BCUT2D eigenvalue weighted by Gasteiger charge is -2.08. The van der Waals surface area contributed by atoms with E-state index in [2.05, 4.69) is 17.4 Å². The Morgan fingerprint density at radius 2 is 1.81 bits per heavy atom. The highest BCUT2D eigenvalue weighted by atomic mass is 19.1. The number of hydrazine groups is 1. The van der Waals surface area contributed by atoms with Gasteiger partial charge in [0.15, 0.2) is 0 Å². The van der Waals surface area contributed by atoms with Crippen LogP contribution >= 0.6 is 0 Å². The maximum Gasteiger partial charge on any atom is 0.269 e. The molecule has 0 fully saturated rings. The Balaban J connectivity index is 1.87. The summed E-state index contributed by atoms with van der Waals surface area (Å²) in [7, 11) is 0. The molecule has 0 aliphatic rings. The van der Waals surface area contributed by atoms with Gasteiger partial charge in [-0.2, -0.15) is 0 Å². The summed E-state index contributed by atoms with van der Waals surface area (Å²) in [5.74, 6) is -0.880. The van der Waals surface area contributed by atoms with Crippen molar-refractivity contribution in [1.29, 1.82) is 0 Å². The highest BCUT2D eigenvalue weighted by Crippen LogP contribution is 2.04. The third kappa shape index (κ3) is 4.62. The Morgan fingerprint density at radius 1 is 1.05 bits per heavy atom. The van der Waals surface area contributed by atoms with Gasteiger partial charge < -0.3 is 0 Å². The summed E-state index contributed by atoms with van der Waals surface area (Å²) in [5, 5.41) is 0. The molecule has 0 saturated heterocycles. The summed E-state index contributed by atoms with van der Waals surface area (Å²) in [5.41, 5.74) is 6.90. The second-order valence-corrected chi connectivity index (χ2v) is 4.36. The second kappa shape index (κ2) is 7.05. The van der Waals surface area contributed by atoms with E-state index in [4.69, 9.17) is 0 Å². The van der Waals surface area contributed by atoms with Crippen molar-refractivity contribution in [2.75, 3.05) is 0 Å². The van der Waals surface area contributed by atoms with Crippen LogP contribution in [0.15, 0.2) is 72.9 Å². The zero-order chi connectivity index (χ0) is 15.1. The molecule has 0 saturated carbocycles. The van der Waals surface area contributed by atoms with Crippen molar-refractivity contribution < 1.29 is 9.18 Å². The molecular formula is C17H15FN2O. The van der Waals surface area contributed by atoms with Gasteiger partial charge in [0, 0.05) is 11.3 Å². The van der Waals surface area contributed by atoms with Crippen molar-refractivity contribution in [3.63, 3.8) is 0 Å². The van der Waals surface area contributed by atoms with Crippen molar-refractivity contribution >= 4 is 12.0 Å². The fourth-order valence-electron chi connectivity index (χ4n) is 1.64. The summed E-state index contributed by atoms with van der Waals surface area (Å²) < 4.78 is 13.0. The molecule has 0 bridgehead atoms. The molecule has 2 rings (SSSR count). The summed E-state index contributed by atoms with van der Waals surface area (Å²) in [6.07, 6.45) is 3.60. The van der Waals surface area contributed by atoms with E-state index in [1.165, 1.54) is 24.3 Å². The molecule has 21 heavy (non-hydrogen) atoms. The molecule has 0 spiro atoms. The maximum atomic E-state index is 13.0. The Morgan fingerprint density at radius 3 is 2.52 bits per heavy atom. The minimum Gasteiger partial charge on any atom is -0.299 e. The minimum atomic E-state index is -0.453. The topological polar surface area (TPSA) is 41.1 Å². The van der Waals surface area contributed by atoms with Crippen LogP contribution in [0.2, 0.25) is 0 Å². The van der Waals surface area contributed by atoms with Crippen molar-refractivity contribution in [2.24, 2.45) is 0 Å². The van der Waals surface area contributed by atoms with Gasteiger partial charge in [-0.1, -0.05) is 49.1 Å². The molecule has 0 atom stereocenters. The fraction of sp³-hybridized carbons (Fsp3) is 0. The minimum absolute atomic E-state index is 0.238. The Bertz CT molecular complexity index is 666. The van der Waals surface area contributed by atoms with Crippen LogP contribution in [0.4, 0.5) is 4.39 Å². The lowest BCUT2D eigenvalue weighted by molar-refractivity contribution is 0.0939. The zero-order valence-corrected chi connectivity index (χ0v) is 11.3. The molecular weight excluding hydrogens is 267 g/mol. The van der Waals surface area contributed by atoms with E-state index < -0.39 is 11.7 Å². The van der Waals surface area contributed by atoms with Crippen molar-refractivity contribution in [3.8, 4) is 0 Å². The van der Waals surface area contributed by atoms with Gasteiger partial charge in [-0.25, -0.2) is 4.39 Å². The molecule has 0 radical (unpaired) electrons. The SMILES string of the molecule is C=C(C=Cc1ccccc1)NNC(=O)c1cccc(F)c1. The molecule has 2 N–H and O–H groups in total. The number of carbonyl (C=O) groups is 1. The van der Waals surface area contributed by atoms with E-state index in [0.29, 0.717) is 5.70 Å². The van der Waals surface area contributed by atoms with E-state index in [-0.39, 0.29) is 5.56 Å². The Labute approximate surface area is 122 Å². The first-order valence-electron chi connectivity index (χ1n) is 6.39. The number of rotatable bonds is 5. The molecule has 0 aliphatic heterocycles. The van der Waals surface area contributed by atoms with Crippen LogP contribution in [0.25, 0.3) is 6.08 Å². The number of allylic oxidation sites excluding steroid dienone is 1. The lowest BCUT2D eigenvalue weighted by atomic mass is 10.2. The van der Waals surface area contributed by atoms with Crippen LogP contribution in [-0.4, -0.2) is 5.91 Å². The Hall–Kier alpha value is -2.88. The van der Waals surface area contributed by atoms with Gasteiger partial charge in [-0.15, -0.1) is 0 Å². The summed E-state index contributed by atoms with van der Waals surface area (Å²) in [4.78, 5) is 11.8. The molecule has 0 unspecified atom stereocenters. The Kier molecular flexibility index (Phi) is 4.88. The number of nitrogens with one attached hydrogen (secondary N) is 2. The van der Waals surface area contributed by atoms with E-state index >= 15 is 0 Å². The lowest BCUT2D eigenvalue weighted by Crippen LogP contribution is -2.36. The zero-order valence-electron chi connectivity index (χ0n) is 11.3. The van der Waals surface area contributed by atoms with Gasteiger partial charge in [0.05, 0.1) is 0 Å². The van der Waals surface area contributed by atoms with Gasteiger partial charge in [0.1, 0.15) is 5.82 Å². The first kappa shape index (κ1) is 14.5. The van der Waals surface area contributed by atoms with E-state index in [9.17, 15) is 9.18 Å². The fourth-order valence-corrected chi connectivity index (χ4v) is 1.64. The number of benzene rings is 2. The van der Waals surface area contributed by atoms with Gasteiger partial charge in [0.25, 0.3) is 5.91 Å². The molecule has 106 valence electrons. The van der Waals surface area contributed by atoms with Crippen molar-refractivity contribution in [3.05, 3.63) is 89.9 Å². The quantitative estimate of drug-likeness (QED) is 0.652. The third-order valence-corrected chi connectivity index (χ3v) is 2.70. The normalized spacial score (nSPS) is 10.3. The smallest absolute Gasteiger partial charge is 0.269 e. The van der Waals surface area contributed by atoms with Crippen LogP contribution in [-0.2, 0) is 0 Å². The number of halogens is 1. The standard InChI is InChI=1S/C17H15FN2O/c1-13(10-11-14-6-3-2-4-7-14)19-20-17(21)15-8-5-9-16(18)12-15/h2-12,19H,1H2,(H,20,21). The third-order valence-electron chi connectivity index (χ3n) is 2.70. The van der Waals surface area contributed by atoms with Gasteiger partial charge in [-0.05, 0) is 29.8 Å². The predicted molar refractivity (Wildman–Crippen MR) is 81.6 cm³/mol. The van der Waals surface area contributed by atoms with E-state index in [1.807, 2.05) is 36.4 Å². The summed E-state index contributed by atoms with van der Waals surface area (Å²) >= 11 is 0. The van der Waals surface area contributed by atoms with Crippen LogP contribution < -0.4 is 10.9 Å². The second-order valence-electron chi connectivity index (χ2n) is 4.36. The molecule has 0 heterocycles. The van der Waals surface area contributed by atoms with Crippen LogP contribution in [0, 0.1) is 5.82 Å². The van der Waals surface area contributed by atoms with Crippen molar-refractivity contribution in [2.45, 2.75) is 0 Å². The monoisotopic (exact) mass is 282 g/mol. The molecule has 4 heteroatoms. The highest BCUT2D eigenvalue weighted by molar-refractivity contribution is 5.93. The highest BCUT2D eigenvalue weighted by Gasteiger charge is 2.05. The molecule has 2 aromatic carbocycles. The number of hydrogen-bond acceptors (Lipinski definition) is 2. The largest absolute Gasteiger partial charge is 0.299 e. The van der Waals surface area contributed by atoms with E-state index in [1.54, 1.807) is 6.08 Å². The molecule has 0 aromatic heterocycles. The van der Waals surface area contributed by atoms with Crippen molar-refractivity contribution in [1.82, 2.24) is 10.9 Å². The number of amides is 1. The van der Waals surface area contributed by atoms with Gasteiger partial charge in [0.2, 0.25) is 0 Å². The average Bonchev–Trinajstić information content (AvgIpc) is 2.51. The maximum absolute atomic E-state index is 13.0.